The van der Waals surface area contributed by atoms with Crippen LogP contribution in [0.15, 0.2) is 18.2 Å². The average molecular weight is 266 g/mol. The summed E-state index contributed by atoms with van der Waals surface area (Å²) >= 11 is 0. The lowest BCUT2D eigenvalue weighted by Crippen LogP contribution is -2.11. The maximum atomic E-state index is 11.5. The molecule has 1 aromatic carbocycles. The first kappa shape index (κ1) is 15.0. The van der Waals surface area contributed by atoms with Crippen LogP contribution in [0, 0.1) is 0 Å². The Kier molecular flexibility index (Phi) is 5.85. The van der Waals surface area contributed by atoms with Gasteiger partial charge in [0.15, 0.2) is 11.5 Å². The van der Waals surface area contributed by atoms with Crippen LogP contribution in [0.1, 0.15) is 39.5 Å². The maximum absolute atomic E-state index is 11.5. The molecular formula is C14H18O5. The number of hydrogen-bond donors (Lipinski definition) is 1. The number of aromatic hydroxyl groups is 1. The van der Waals surface area contributed by atoms with Crippen LogP contribution in [0.25, 0.3) is 0 Å². The number of ether oxygens (including phenoxy) is 2. The lowest BCUT2D eigenvalue weighted by Gasteiger charge is -2.11. The Morgan fingerprint density at radius 3 is 2.21 bits per heavy atom. The highest BCUT2D eigenvalue weighted by atomic mass is 16.6. The number of para-hydroxylation sites is 1. The molecule has 0 fully saturated rings. The molecule has 0 aliphatic rings. The molecule has 0 aromatic heterocycles. The summed E-state index contributed by atoms with van der Waals surface area (Å²) in [6.45, 7) is 3.69. The first-order valence-electron chi connectivity index (χ1n) is 6.31. The van der Waals surface area contributed by atoms with Gasteiger partial charge in [0.2, 0.25) is 5.75 Å². The van der Waals surface area contributed by atoms with Gasteiger partial charge in [0.1, 0.15) is 0 Å². The van der Waals surface area contributed by atoms with E-state index < -0.39 is 11.9 Å². The van der Waals surface area contributed by atoms with E-state index in [-0.39, 0.29) is 30.1 Å². The third-order valence-corrected chi connectivity index (χ3v) is 2.31. The van der Waals surface area contributed by atoms with Gasteiger partial charge in [0.25, 0.3) is 0 Å². The number of benzene rings is 1. The van der Waals surface area contributed by atoms with Crippen LogP contribution in [0.3, 0.4) is 0 Å². The SMILES string of the molecule is CCCC(=O)Oc1cccc(O)c1OC(=O)CCC. The highest BCUT2D eigenvalue weighted by Crippen LogP contribution is 2.36. The predicted octanol–water partition coefficient (Wildman–Crippen LogP) is 2.80. The summed E-state index contributed by atoms with van der Waals surface area (Å²) in [4.78, 5) is 22.9. The molecule has 19 heavy (non-hydrogen) atoms. The molecule has 0 unspecified atom stereocenters. The fourth-order valence-electron chi connectivity index (χ4n) is 1.43. The molecule has 0 saturated carbocycles. The molecule has 5 heteroatoms. The summed E-state index contributed by atoms with van der Waals surface area (Å²) in [7, 11) is 0. The van der Waals surface area contributed by atoms with E-state index in [1.165, 1.54) is 18.2 Å². The zero-order chi connectivity index (χ0) is 14.3. The molecule has 0 bridgehead atoms. The van der Waals surface area contributed by atoms with Crippen molar-refractivity contribution in [2.75, 3.05) is 0 Å². The summed E-state index contributed by atoms with van der Waals surface area (Å²) < 4.78 is 10.1. The predicted molar refractivity (Wildman–Crippen MR) is 69.2 cm³/mol. The summed E-state index contributed by atoms with van der Waals surface area (Å²) in [5.41, 5.74) is 0. The third-order valence-electron chi connectivity index (χ3n) is 2.31. The number of rotatable bonds is 6. The van der Waals surface area contributed by atoms with Crippen molar-refractivity contribution in [3.8, 4) is 17.2 Å². The first-order chi connectivity index (χ1) is 9.08. The molecule has 0 aliphatic heterocycles. The van der Waals surface area contributed by atoms with Crippen molar-refractivity contribution in [1.82, 2.24) is 0 Å². The smallest absolute Gasteiger partial charge is 0.311 e. The monoisotopic (exact) mass is 266 g/mol. The van der Waals surface area contributed by atoms with Crippen LogP contribution in [-0.2, 0) is 9.59 Å². The van der Waals surface area contributed by atoms with Crippen molar-refractivity contribution in [3.63, 3.8) is 0 Å². The topological polar surface area (TPSA) is 72.8 Å². The normalized spacial score (nSPS) is 10.0. The minimum absolute atomic E-state index is 0.0582. The highest BCUT2D eigenvalue weighted by Gasteiger charge is 2.16. The van der Waals surface area contributed by atoms with Crippen LogP contribution >= 0.6 is 0 Å². The Balaban J connectivity index is 2.88. The zero-order valence-electron chi connectivity index (χ0n) is 11.1. The maximum Gasteiger partial charge on any atom is 0.311 e. The molecule has 0 amide bonds. The minimum atomic E-state index is -0.475. The number of carbonyl (C=O) groups is 2. The Labute approximate surface area is 112 Å². The number of phenolic OH excluding ortho intramolecular Hbond substituents is 1. The standard InChI is InChI=1S/C14H18O5/c1-3-6-12(16)18-11-9-5-8-10(15)14(11)19-13(17)7-4-2/h5,8-9,15H,3-4,6-7H2,1-2H3. The van der Waals surface area contributed by atoms with Crippen LogP contribution in [-0.4, -0.2) is 17.0 Å². The highest BCUT2D eigenvalue weighted by molar-refractivity contribution is 5.77. The van der Waals surface area contributed by atoms with E-state index in [0.717, 1.165) is 0 Å². The fourth-order valence-corrected chi connectivity index (χ4v) is 1.43. The van der Waals surface area contributed by atoms with Gasteiger partial charge in [0, 0.05) is 12.8 Å². The van der Waals surface area contributed by atoms with Gasteiger partial charge in [-0.25, -0.2) is 0 Å². The summed E-state index contributed by atoms with van der Waals surface area (Å²) in [5, 5.41) is 9.68. The van der Waals surface area contributed by atoms with Gasteiger partial charge in [0.05, 0.1) is 0 Å². The van der Waals surface area contributed by atoms with Crippen LogP contribution in [0.2, 0.25) is 0 Å². The molecule has 0 heterocycles. The Bertz CT molecular complexity index is 453. The first-order valence-corrected chi connectivity index (χ1v) is 6.31. The molecule has 0 atom stereocenters. The lowest BCUT2D eigenvalue weighted by molar-refractivity contribution is -0.137. The number of hydrogen-bond acceptors (Lipinski definition) is 5. The number of phenols is 1. The second-order valence-electron chi connectivity index (χ2n) is 4.05. The van der Waals surface area contributed by atoms with Gasteiger partial charge in [-0.3, -0.25) is 9.59 Å². The van der Waals surface area contributed by atoms with Gasteiger partial charge < -0.3 is 14.6 Å². The van der Waals surface area contributed by atoms with E-state index in [4.69, 9.17) is 9.47 Å². The Morgan fingerprint density at radius 1 is 1.05 bits per heavy atom. The van der Waals surface area contributed by atoms with Crippen LogP contribution in [0.4, 0.5) is 0 Å². The molecule has 1 N–H and O–H groups in total. The molecule has 5 nitrogen and oxygen atoms in total. The molecular weight excluding hydrogens is 248 g/mol. The average Bonchev–Trinajstić information content (AvgIpc) is 2.34. The summed E-state index contributed by atoms with van der Waals surface area (Å²) in [6, 6.07) is 4.36. The van der Waals surface area contributed by atoms with Gasteiger partial charge >= 0.3 is 11.9 Å². The number of carbonyl (C=O) groups excluding carboxylic acids is 2. The van der Waals surface area contributed by atoms with Crippen molar-refractivity contribution < 1.29 is 24.2 Å². The van der Waals surface area contributed by atoms with Crippen LogP contribution < -0.4 is 9.47 Å². The molecule has 0 spiro atoms. The van der Waals surface area contributed by atoms with Gasteiger partial charge in [-0.15, -0.1) is 0 Å². The van der Waals surface area contributed by atoms with Crippen molar-refractivity contribution in [1.29, 1.82) is 0 Å². The minimum Gasteiger partial charge on any atom is -0.504 e. The van der Waals surface area contributed by atoms with E-state index >= 15 is 0 Å². The van der Waals surface area contributed by atoms with Gasteiger partial charge in [-0.1, -0.05) is 19.9 Å². The molecule has 1 aromatic rings. The van der Waals surface area contributed by atoms with Crippen LogP contribution in [0.5, 0.6) is 17.2 Å². The van der Waals surface area contributed by atoms with E-state index in [0.29, 0.717) is 12.8 Å². The van der Waals surface area contributed by atoms with E-state index in [1.54, 1.807) is 0 Å². The van der Waals surface area contributed by atoms with Crippen molar-refractivity contribution in [2.45, 2.75) is 39.5 Å². The molecule has 0 aliphatic carbocycles. The van der Waals surface area contributed by atoms with Crippen molar-refractivity contribution in [2.24, 2.45) is 0 Å². The molecule has 1 rings (SSSR count). The van der Waals surface area contributed by atoms with E-state index in [2.05, 4.69) is 0 Å². The molecule has 0 radical (unpaired) electrons. The molecule has 0 saturated heterocycles. The molecule has 104 valence electrons. The Morgan fingerprint density at radius 2 is 1.63 bits per heavy atom. The van der Waals surface area contributed by atoms with Gasteiger partial charge in [-0.05, 0) is 25.0 Å². The largest absolute Gasteiger partial charge is 0.504 e. The van der Waals surface area contributed by atoms with E-state index in [9.17, 15) is 14.7 Å². The summed E-state index contributed by atoms with van der Waals surface area (Å²) in [5.74, 6) is -1.18. The third kappa shape index (κ3) is 4.62. The van der Waals surface area contributed by atoms with Crippen molar-refractivity contribution >= 4 is 11.9 Å². The van der Waals surface area contributed by atoms with E-state index in [1.807, 2.05) is 13.8 Å². The summed E-state index contributed by atoms with van der Waals surface area (Å²) in [6.07, 6.45) is 1.79. The second-order valence-corrected chi connectivity index (χ2v) is 4.05. The van der Waals surface area contributed by atoms with Gasteiger partial charge in [-0.2, -0.15) is 0 Å². The van der Waals surface area contributed by atoms with Crippen molar-refractivity contribution in [3.05, 3.63) is 18.2 Å². The lowest BCUT2D eigenvalue weighted by atomic mass is 10.3. The quantitative estimate of drug-likeness (QED) is 0.633. The fraction of sp³-hybridized carbons (Fsp3) is 0.429. The zero-order valence-corrected chi connectivity index (χ0v) is 11.1. The number of esters is 2. The Hall–Kier alpha value is -2.04. The second kappa shape index (κ2) is 7.41.